The van der Waals surface area contributed by atoms with E-state index >= 15 is 0 Å². The first-order valence-electron chi connectivity index (χ1n) is 18.7. The molecule has 0 aromatic carbocycles. The van der Waals surface area contributed by atoms with Gasteiger partial charge in [0.15, 0.2) is 0 Å². The van der Waals surface area contributed by atoms with Crippen molar-refractivity contribution < 1.29 is 23.9 Å². The number of unbranched alkanes of at least 4 members (excludes halogenated alkanes) is 3. The average molecular weight is 723 g/mol. The van der Waals surface area contributed by atoms with Gasteiger partial charge in [-0.05, 0) is 93.5 Å². The highest BCUT2D eigenvalue weighted by molar-refractivity contribution is 6.06. The standard InChI is InChI=1S/C42H54N6O5/c1-9-27-23(3)31-20-33-25(5)29(15-16-37(49)52-7)40(47-33)30(19-38(50)53-8)41-39(42(51)44-18-14-12-11-13-17-43)26(6)34(48-41)22-36-28(10-2)24(4)32(46-36)21-35(27)45-31/h9,20-22,25,29,46,48H,1,10-19,43H2,2-8H3,(H,44,51). The number of fused-ring (bicyclic) bond motifs is 8. The van der Waals surface area contributed by atoms with E-state index in [0.717, 1.165) is 93.6 Å². The minimum atomic E-state index is -0.472. The van der Waals surface area contributed by atoms with Crippen LogP contribution in [0.2, 0.25) is 0 Å². The first-order valence-corrected chi connectivity index (χ1v) is 18.7. The number of carbonyl (C=O) groups excluding carboxylic acids is 3. The Morgan fingerprint density at radius 3 is 2.30 bits per heavy atom. The van der Waals surface area contributed by atoms with Gasteiger partial charge in [0.25, 0.3) is 5.91 Å². The lowest BCUT2D eigenvalue weighted by molar-refractivity contribution is -0.141. The Bertz CT molecular complexity index is 2110. The molecule has 3 aromatic heterocycles. The minimum absolute atomic E-state index is 0.137. The molecule has 1 amide bonds. The molecule has 8 bridgehead atoms. The molecular weight excluding hydrogens is 668 g/mol. The van der Waals surface area contributed by atoms with Crippen molar-refractivity contribution in [1.82, 2.24) is 25.3 Å². The fourth-order valence-corrected chi connectivity index (χ4v) is 7.62. The number of ether oxygens (including phenoxy) is 2. The zero-order chi connectivity index (χ0) is 38.4. The van der Waals surface area contributed by atoms with Gasteiger partial charge in [-0.25, -0.2) is 4.98 Å². The molecule has 3 aromatic rings. The van der Waals surface area contributed by atoms with Crippen LogP contribution < -0.4 is 11.1 Å². The summed E-state index contributed by atoms with van der Waals surface area (Å²) >= 11 is 0. The van der Waals surface area contributed by atoms with Crippen molar-refractivity contribution in [2.75, 3.05) is 27.3 Å². The third kappa shape index (κ3) is 8.15. The van der Waals surface area contributed by atoms with E-state index < -0.39 is 5.97 Å². The summed E-state index contributed by atoms with van der Waals surface area (Å²) in [5.74, 6) is -1.47. The van der Waals surface area contributed by atoms with Crippen molar-refractivity contribution in [3.05, 3.63) is 81.4 Å². The van der Waals surface area contributed by atoms with Gasteiger partial charge < -0.3 is 30.5 Å². The molecule has 5 heterocycles. The Kier molecular flexibility index (Phi) is 12.7. The van der Waals surface area contributed by atoms with E-state index in [4.69, 9.17) is 25.2 Å². The maximum Gasteiger partial charge on any atom is 0.310 e. The normalized spacial score (nSPS) is 15.4. The number of esters is 2. The summed E-state index contributed by atoms with van der Waals surface area (Å²) in [6.07, 6.45) is 6.79. The highest BCUT2D eigenvalue weighted by atomic mass is 16.5. The summed E-state index contributed by atoms with van der Waals surface area (Å²) < 4.78 is 10.3. The molecule has 0 fully saturated rings. The molecule has 5 rings (SSSR count). The van der Waals surface area contributed by atoms with Gasteiger partial charge in [-0.2, -0.15) is 0 Å². The number of aromatic nitrogens is 4. The lowest BCUT2D eigenvalue weighted by Crippen LogP contribution is -2.25. The number of aromatic amines is 2. The van der Waals surface area contributed by atoms with E-state index in [1.807, 2.05) is 32.1 Å². The zero-order valence-corrected chi connectivity index (χ0v) is 32.3. The van der Waals surface area contributed by atoms with Crippen LogP contribution in [0.1, 0.15) is 127 Å². The molecule has 53 heavy (non-hydrogen) atoms. The Morgan fingerprint density at radius 2 is 1.62 bits per heavy atom. The van der Waals surface area contributed by atoms with Gasteiger partial charge in [-0.1, -0.05) is 39.3 Å². The average Bonchev–Trinajstić information content (AvgIpc) is 3.83. The number of hydrogen-bond acceptors (Lipinski definition) is 8. The number of methoxy groups -OCH3 is 2. The molecule has 282 valence electrons. The van der Waals surface area contributed by atoms with Gasteiger partial charge >= 0.3 is 11.9 Å². The van der Waals surface area contributed by atoms with Crippen LogP contribution in [0.5, 0.6) is 0 Å². The highest BCUT2D eigenvalue weighted by Crippen LogP contribution is 2.43. The molecule has 11 nitrogen and oxygen atoms in total. The third-order valence-electron chi connectivity index (χ3n) is 10.8. The predicted octanol–water partition coefficient (Wildman–Crippen LogP) is 7.42. The number of rotatable bonds is 14. The van der Waals surface area contributed by atoms with Crippen LogP contribution in [0.25, 0.3) is 33.2 Å². The molecule has 0 radical (unpaired) electrons. The molecule has 0 saturated carbocycles. The first kappa shape index (κ1) is 39.2. The largest absolute Gasteiger partial charge is 0.469 e. The number of aryl methyl sites for hydroxylation is 3. The van der Waals surface area contributed by atoms with E-state index in [1.54, 1.807) is 0 Å². The monoisotopic (exact) mass is 722 g/mol. The molecule has 11 heteroatoms. The van der Waals surface area contributed by atoms with E-state index in [2.05, 4.69) is 48.7 Å². The maximum absolute atomic E-state index is 14.2. The van der Waals surface area contributed by atoms with Crippen LogP contribution in [0.15, 0.2) is 30.9 Å². The smallest absolute Gasteiger partial charge is 0.310 e. The zero-order valence-electron chi connectivity index (χ0n) is 32.3. The molecule has 2 aliphatic rings. The van der Waals surface area contributed by atoms with Gasteiger partial charge in [0, 0.05) is 58.2 Å². The predicted molar refractivity (Wildman–Crippen MR) is 211 cm³/mol. The van der Waals surface area contributed by atoms with Crippen molar-refractivity contribution in [2.45, 2.75) is 97.8 Å². The molecule has 0 spiro atoms. The second-order valence-corrected chi connectivity index (χ2v) is 14.0. The topological polar surface area (TPSA) is 165 Å². The fourth-order valence-electron chi connectivity index (χ4n) is 7.62. The lowest BCUT2D eigenvalue weighted by atomic mass is 9.85. The second kappa shape index (κ2) is 17.2. The number of nitrogens with one attached hydrogen (secondary N) is 3. The lowest BCUT2D eigenvalue weighted by Gasteiger charge is -2.18. The summed E-state index contributed by atoms with van der Waals surface area (Å²) in [6, 6.07) is 6.10. The summed E-state index contributed by atoms with van der Waals surface area (Å²) in [5.41, 5.74) is 17.6. The van der Waals surface area contributed by atoms with Crippen LogP contribution in [-0.2, 0) is 31.9 Å². The number of nitrogens with two attached hydrogens (primary N) is 1. The van der Waals surface area contributed by atoms with Crippen LogP contribution in [0.4, 0.5) is 0 Å². The molecular formula is C42H54N6O5. The second-order valence-electron chi connectivity index (χ2n) is 14.0. The van der Waals surface area contributed by atoms with Gasteiger partial charge in [-0.3, -0.25) is 19.4 Å². The van der Waals surface area contributed by atoms with Crippen molar-refractivity contribution in [1.29, 1.82) is 0 Å². The third-order valence-corrected chi connectivity index (χ3v) is 10.8. The van der Waals surface area contributed by atoms with E-state index in [0.29, 0.717) is 41.8 Å². The van der Waals surface area contributed by atoms with E-state index in [-0.39, 0.29) is 36.6 Å². The molecule has 5 N–H and O–H groups in total. The summed E-state index contributed by atoms with van der Waals surface area (Å²) in [6.45, 7) is 15.5. The Labute approximate surface area is 311 Å². The quantitative estimate of drug-likeness (QED) is 0.0986. The number of allylic oxidation sites excluding steroid dienone is 3. The Morgan fingerprint density at radius 1 is 0.906 bits per heavy atom. The van der Waals surface area contributed by atoms with Crippen LogP contribution in [0.3, 0.4) is 0 Å². The summed E-state index contributed by atoms with van der Waals surface area (Å²) in [4.78, 5) is 57.5. The first-order chi connectivity index (χ1) is 25.5. The number of amides is 1. The number of carbonyl (C=O) groups is 3. The van der Waals surface area contributed by atoms with Crippen molar-refractivity contribution in [3.63, 3.8) is 0 Å². The molecule has 2 unspecified atom stereocenters. The van der Waals surface area contributed by atoms with Crippen molar-refractivity contribution >= 4 is 51.1 Å². The Hall–Kier alpha value is -5.03. The molecule has 0 aliphatic carbocycles. The van der Waals surface area contributed by atoms with Crippen LogP contribution >= 0.6 is 0 Å². The molecule has 0 saturated heterocycles. The Balaban J connectivity index is 1.91. The fraction of sp³-hybridized carbons (Fsp3) is 0.452. The van der Waals surface area contributed by atoms with Gasteiger partial charge in [-0.15, -0.1) is 0 Å². The number of H-pyrrole nitrogens is 2. The van der Waals surface area contributed by atoms with Crippen LogP contribution in [-0.4, -0.2) is 65.1 Å². The number of nitrogens with zero attached hydrogens (tertiary/aromatic N) is 2. The maximum atomic E-state index is 14.2. The summed E-state index contributed by atoms with van der Waals surface area (Å²) in [7, 11) is 2.72. The van der Waals surface area contributed by atoms with E-state index in [1.165, 1.54) is 14.2 Å². The summed E-state index contributed by atoms with van der Waals surface area (Å²) in [5, 5.41) is 3.14. The van der Waals surface area contributed by atoms with Crippen molar-refractivity contribution in [3.8, 4) is 0 Å². The molecule has 2 atom stereocenters. The molecule has 2 aliphatic heterocycles. The van der Waals surface area contributed by atoms with Gasteiger partial charge in [0.2, 0.25) is 0 Å². The minimum Gasteiger partial charge on any atom is -0.469 e. The van der Waals surface area contributed by atoms with Gasteiger partial charge in [0.05, 0.1) is 48.8 Å². The SMILES string of the molecule is C=CC1=C(C)c2cc3nc(c(CC(=O)OC)c4[nH]c(cc5[nH]c(cc1n2)c(C)c5CC)c(C)c4C(=O)NCCCCCCN)C(CCC(=O)OC)C3C. The van der Waals surface area contributed by atoms with Crippen molar-refractivity contribution in [2.24, 2.45) is 5.73 Å². The number of hydrogen-bond donors (Lipinski definition) is 4. The van der Waals surface area contributed by atoms with Crippen LogP contribution in [0, 0.1) is 13.8 Å². The van der Waals surface area contributed by atoms with E-state index in [9.17, 15) is 14.4 Å². The van der Waals surface area contributed by atoms with Gasteiger partial charge in [0.1, 0.15) is 0 Å². The highest BCUT2D eigenvalue weighted by Gasteiger charge is 2.34.